The third-order valence-electron chi connectivity index (χ3n) is 5.66. The van der Waals surface area contributed by atoms with Crippen molar-refractivity contribution in [3.8, 4) is 17.0 Å². The smallest absolute Gasteiger partial charge is 0.271 e. The molecule has 0 saturated heterocycles. The summed E-state index contributed by atoms with van der Waals surface area (Å²) in [6.45, 7) is 0.394. The zero-order valence-corrected chi connectivity index (χ0v) is 24.7. The first-order chi connectivity index (χ1) is 19.4. The van der Waals surface area contributed by atoms with Crippen molar-refractivity contribution in [3.05, 3.63) is 128 Å². The molecule has 0 bridgehead atoms. The van der Waals surface area contributed by atoms with Crippen LogP contribution in [0, 0.1) is 0 Å². The van der Waals surface area contributed by atoms with Gasteiger partial charge in [-0.3, -0.25) is 4.79 Å². The lowest BCUT2D eigenvalue weighted by molar-refractivity contribution is 0.0955. The van der Waals surface area contributed by atoms with Gasteiger partial charge in [0.25, 0.3) is 5.91 Å². The van der Waals surface area contributed by atoms with Crippen LogP contribution in [0.2, 0.25) is 10.0 Å². The molecule has 2 N–H and O–H groups in total. The molecule has 4 aromatic carbocycles. The summed E-state index contributed by atoms with van der Waals surface area (Å²) in [6.07, 6.45) is 1.57. The molecule has 10 heteroatoms. The molecule has 1 aromatic heterocycles. The number of nitrogens with zero attached hydrogens (tertiary/aromatic N) is 2. The van der Waals surface area contributed by atoms with Crippen LogP contribution in [0.15, 0.2) is 106 Å². The lowest BCUT2D eigenvalue weighted by Crippen LogP contribution is -2.17. The lowest BCUT2D eigenvalue weighted by Gasteiger charge is -2.09. The number of aromatic nitrogens is 1. The maximum absolute atomic E-state index is 12.6. The second kappa shape index (κ2) is 13.1. The van der Waals surface area contributed by atoms with Gasteiger partial charge < -0.3 is 10.1 Å². The van der Waals surface area contributed by atoms with Crippen molar-refractivity contribution in [3.63, 3.8) is 0 Å². The van der Waals surface area contributed by atoms with Gasteiger partial charge in [-0.05, 0) is 93.8 Å². The van der Waals surface area contributed by atoms with E-state index in [2.05, 4.69) is 36.8 Å². The number of hydrogen-bond donors (Lipinski definition) is 2. The van der Waals surface area contributed by atoms with Crippen molar-refractivity contribution >= 4 is 73.4 Å². The number of carbonyl (C=O) groups is 1. The van der Waals surface area contributed by atoms with E-state index >= 15 is 0 Å². The fraction of sp³-hybridized carbons (Fsp3) is 0.0333. The predicted octanol–water partition coefficient (Wildman–Crippen LogP) is 8.97. The molecule has 5 aromatic rings. The number of nitrogens with one attached hydrogen (secondary N) is 2. The number of hydrazone groups is 1. The SMILES string of the molecule is O=C(N/N=C\c1ccc(OCc2cccc(Cl)c2)c(Br)c1)c1ccc(-c2csc(Nc3ccc(Cl)cc3)n2)cc1. The quantitative estimate of drug-likeness (QED) is 0.123. The minimum atomic E-state index is -0.313. The molecule has 0 aliphatic rings. The van der Waals surface area contributed by atoms with Crippen LogP contribution in [0.1, 0.15) is 21.5 Å². The maximum Gasteiger partial charge on any atom is 0.271 e. The van der Waals surface area contributed by atoms with Crippen LogP contribution in [0.25, 0.3) is 11.3 Å². The van der Waals surface area contributed by atoms with Crippen molar-refractivity contribution in [1.29, 1.82) is 0 Å². The van der Waals surface area contributed by atoms with Gasteiger partial charge in [-0.1, -0.05) is 47.5 Å². The molecule has 1 heterocycles. The van der Waals surface area contributed by atoms with Gasteiger partial charge in [0.15, 0.2) is 5.13 Å². The molecule has 0 saturated carbocycles. The van der Waals surface area contributed by atoms with Crippen LogP contribution in [0.3, 0.4) is 0 Å². The number of benzene rings is 4. The first-order valence-corrected chi connectivity index (χ1v) is 14.4. The lowest BCUT2D eigenvalue weighted by atomic mass is 10.1. The Kier molecular flexibility index (Phi) is 9.13. The Morgan fingerprint density at radius 1 is 0.975 bits per heavy atom. The largest absolute Gasteiger partial charge is 0.488 e. The van der Waals surface area contributed by atoms with Crippen LogP contribution in [0.5, 0.6) is 5.75 Å². The molecular weight excluding hydrogens is 631 g/mol. The minimum absolute atomic E-state index is 0.313. The summed E-state index contributed by atoms with van der Waals surface area (Å²) < 4.78 is 6.65. The molecular formula is C30H21BrCl2N4O2S. The summed E-state index contributed by atoms with van der Waals surface area (Å²) in [4.78, 5) is 17.2. The van der Waals surface area contributed by atoms with Crippen LogP contribution in [-0.4, -0.2) is 17.1 Å². The molecule has 6 nitrogen and oxygen atoms in total. The topological polar surface area (TPSA) is 75.6 Å². The van der Waals surface area contributed by atoms with Crippen LogP contribution in [-0.2, 0) is 6.61 Å². The summed E-state index contributed by atoms with van der Waals surface area (Å²) in [7, 11) is 0. The Labute approximate surface area is 253 Å². The highest BCUT2D eigenvalue weighted by atomic mass is 79.9. The van der Waals surface area contributed by atoms with E-state index in [-0.39, 0.29) is 5.91 Å². The van der Waals surface area contributed by atoms with E-state index in [1.807, 2.05) is 84.2 Å². The molecule has 1 amide bonds. The standard InChI is InChI=1S/C30H21BrCl2N4O2S/c31-26-15-19(4-13-28(26)39-17-20-2-1-3-24(33)14-20)16-34-37-29(38)22-7-5-21(6-8-22)27-18-40-30(36-27)35-25-11-9-23(32)10-12-25/h1-16,18H,17H2,(H,35,36)(H,37,38)/b34-16-. The third-order valence-corrected chi connectivity index (χ3v) is 7.53. The summed E-state index contributed by atoms with van der Waals surface area (Å²) in [5.74, 6) is 0.376. The van der Waals surface area contributed by atoms with Crippen LogP contribution in [0.4, 0.5) is 10.8 Å². The van der Waals surface area contributed by atoms with E-state index in [0.717, 1.165) is 37.7 Å². The number of halogens is 3. The van der Waals surface area contributed by atoms with E-state index in [1.54, 1.807) is 18.3 Å². The van der Waals surface area contributed by atoms with Crippen molar-refractivity contribution in [2.45, 2.75) is 6.61 Å². The van der Waals surface area contributed by atoms with Gasteiger partial charge in [0.05, 0.1) is 16.4 Å². The zero-order chi connectivity index (χ0) is 27.9. The molecule has 5 rings (SSSR count). The van der Waals surface area contributed by atoms with Crippen molar-refractivity contribution in [1.82, 2.24) is 10.4 Å². The fourth-order valence-electron chi connectivity index (χ4n) is 3.65. The number of ether oxygens (including phenoxy) is 1. The van der Waals surface area contributed by atoms with E-state index < -0.39 is 0 Å². The normalized spacial score (nSPS) is 11.0. The number of anilines is 2. The molecule has 0 spiro atoms. The molecule has 0 aliphatic heterocycles. The van der Waals surface area contributed by atoms with E-state index in [4.69, 9.17) is 27.9 Å². The predicted molar refractivity (Wildman–Crippen MR) is 167 cm³/mol. The van der Waals surface area contributed by atoms with Crippen molar-refractivity contribution in [2.24, 2.45) is 5.10 Å². The van der Waals surface area contributed by atoms with Crippen molar-refractivity contribution < 1.29 is 9.53 Å². The maximum atomic E-state index is 12.6. The summed E-state index contributed by atoms with van der Waals surface area (Å²) >= 11 is 17.0. The van der Waals surface area contributed by atoms with Gasteiger partial charge >= 0.3 is 0 Å². The average molecular weight is 652 g/mol. The summed E-state index contributed by atoms with van der Waals surface area (Å²) in [5.41, 5.74) is 7.45. The number of rotatable bonds is 9. The van der Waals surface area contributed by atoms with Gasteiger partial charge in [-0.15, -0.1) is 11.3 Å². The van der Waals surface area contributed by atoms with Gasteiger partial charge in [-0.25, -0.2) is 10.4 Å². The monoisotopic (exact) mass is 650 g/mol. The number of hydrogen-bond acceptors (Lipinski definition) is 6. The zero-order valence-electron chi connectivity index (χ0n) is 20.8. The Hall–Kier alpha value is -3.69. The number of thiazole rings is 1. The third kappa shape index (κ3) is 7.49. The molecule has 0 aliphatic carbocycles. The molecule has 0 atom stereocenters. The van der Waals surface area contributed by atoms with Crippen LogP contribution < -0.4 is 15.5 Å². The second-order valence-corrected chi connectivity index (χ2v) is 11.1. The number of amides is 1. The average Bonchev–Trinajstić information content (AvgIpc) is 3.42. The molecule has 0 radical (unpaired) electrons. The highest BCUT2D eigenvalue weighted by molar-refractivity contribution is 9.10. The van der Waals surface area contributed by atoms with E-state index in [9.17, 15) is 4.79 Å². The summed E-state index contributed by atoms with van der Waals surface area (Å²) in [6, 6.07) is 27.7. The Morgan fingerprint density at radius 2 is 1.77 bits per heavy atom. The molecule has 40 heavy (non-hydrogen) atoms. The van der Waals surface area contributed by atoms with Gasteiger partial charge in [0, 0.05) is 32.2 Å². The van der Waals surface area contributed by atoms with E-state index in [0.29, 0.717) is 28.0 Å². The molecule has 0 unspecified atom stereocenters. The van der Waals surface area contributed by atoms with Gasteiger partial charge in [-0.2, -0.15) is 5.10 Å². The Balaban J connectivity index is 1.14. The highest BCUT2D eigenvalue weighted by Gasteiger charge is 2.09. The van der Waals surface area contributed by atoms with Crippen LogP contribution >= 0.6 is 50.5 Å². The summed E-state index contributed by atoms with van der Waals surface area (Å²) in [5, 5.41) is 11.4. The Bertz CT molecular complexity index is 1660. The second-order valence-electron chi connectivity index (χ2n) is 8.55. The van der Waals surface area contributed by atoms with Gasteiger partial charge in [0.2, 0.25) is 0 Å². The fourth-order valence-corrected chi connectivity index (χ4v) is 5.23. The van der Waals surface area contributed by atoms with E-state index in [1.165, 1.54) is 11.3 Å². The van der Waals surface area contributed by atoms with Gasteiger partial charge in [0.1, 0.15) is 12.4 Å². The number of carbonyl (C=O) groups excluding carboxylic acids is 1. The first-order valence-electron chi connectivity index (χ1n) is 12.0. The molecule has 0 fully saturated rings. The molecule has 200 valence electrons. The Morgan fingerprint density at radius 3 is 2.52 bits per heavy atom. The first kappa shape index (κ1) is 27.9. The van der Waals surface area contributed by atoms with Crippen molar-refractivity contribution in [2.75, 3.05) is 5.32 Å². The minimum Gasteiger partial charge on any atom is -0.488 e. The highest BCUT2D eigenvalue weighted by Crippen LogP contribution is 2.28.